The maximum atomic E-state index is 5.56. The maximum absolute atomic E-state index is 5.56. The predicted molar refractivity (Wildman–Crippen MR) is 116 cm³/mol. The molecule has 2 aromatic rings. The quantitative estimate of drug-likeness (QED) is 0.724. The molecule has 0 aliphatic carbocycles. The Bertz CT molecular complexity index is 831. The first kappa shape index (κ1) is 20.0. The van der Waals surface area contributed by atoms with Gasteiger partial charge in [-0.1, -0.05) is 6.08 Å². The Kier molecular flexibility index (Phi) is 6.26. The zero-order valence-corrected chi connectivity index (χ0v) is 17.8. The van der Waals surface area contributed by atoms with Crippen LogP contribution in [-0.4, -0.2) is 56.2 Å². The number of ether oxygens (including phenoxy) is 2. The lowest BCUT2D eigenvalue weighted by Crippen LogP contribution is -2.50. The second-order valence-corrected chi connectivity index (χ2v) is 8.04. The van der Waals surface area contributed by atoms with Gasteiger partial charge in [0.1, 0.15) is 5.76 Å². The molecule has 1 saturated heterocycles. The molecule has 4 rings (SSSR count). The second kappa shape index (κ2) is 9.06. The van der Waals surface area contributed by atoms with Gasteiger partial charge in [0.25, 0.3) is 0 Å². The molecule has 0 N–H and O–H groups in total. The van der Waals surface area contributed by atoms with Crippen molar-refractivity contribution >= 4 is 6.08 Å². The average molecular weight is 397 g/mol. The Morgan fingerprint density at radius 1 is 1.17 bits per heavy atom. The third kappa shape index (κ3) is 4.36. The van der Waals surface area contributed by atoms with Crippen LogP contribution in [0.15, 0.2) is 41.0 Å². The SMILES string of the molecule is COc1cc2c(cc1OC)[C@H](C)N([C@@H]1CCCN(C/C=C/c3ccco3)C1)CC2. The van der Waals surface area contributed by atoms with Gasteiger partial charge < -0.3 is 13.9 Å². The van der Waals surface area contributed by atoms with Gasteiger partial charge in [0.15, 0.2) is 11.5 Å². The number of rotatable bonds is 6. The molecule has 0 saturated carbocycles. The first-order valence-electron chi connectivity index (χ1n) is 10.6. The summed E-state index contributed by atoms with van der Waals surface area (Å²) in [4.78, 5) is 5.25. The highest BCUT2D eigenvalue weighted by Gasteiger charge is 2.32. The topological polar surface area (TPSA) is 38.1 Å². The normalized spacial score (nSPS) is 23.3. The molecule has 0 spiro atoms. The van der Waals surface area contributed by atoms with E-state index in [2.05, 4.69) is 41.0 Å². The molecule has 3 heterocycles. The van der Waals surface area contributed by atoms with Gasteiger partial charge >= 0.3 is 0 Å². The van der Waals surface area contributed by atoms with E-state index in [0.29, 0.717) is 12.1 Å². The first-order chi connectivity index (χ1) is 14.2. The van der Waals surface area contributed by atoms with E-state index in [1.54, 1.807) is 20.5 Å². The van der Waals surface area contributed by atoms with E-state index < -0.39 is 0 Å². The van der Waals surface area contributed by atoms with Gasteiger partial charge in [-0.25, -0.2) is 0 Å². The Labute approximate surface area is 173 Å². The van der Waals surface area contributed by atoms with Crippen molar-refractivity contribution in [3.05, 3.63) is 53.5 Å². The molecule has 0 amide bonds. The minimum atomic E-state index is 0.391. The van der Waals surface area contributed by atoms with Crippen LogP contribution < -0.4 is 9.47 Å². The monoisotopic (exact) mass is 396 g/mol. The van der Waals surface area contributed by atoms with Crippen molar-refractivity contribution < 1.29 is 13.9 Å². The molecule has 2 aliphatic rings. The summed E-state index contributed by atoms with van der Waals surface area (Å²) in [6, 6.07) is 9.24. The number of hydrogen-bond donors (Lipinski definition) is 0. The van der Waals surface area contributed by atoms with Crippen molar-refractivity contribution in [2.75, 3.05) is 40.4 Å². The lowest BCUT2D eigenvalue weighted by molar-refractivity contribution is 0.0685. The molecular formula is C24H32N2O3. The third-order valence-corrected chi connectivity index (χ3v) is 6.37. The van der Waals surface area contributed by atoms with Gasteiger partial charge in [-0.3, -0.25) is 9.80 Å². The van der Waals surface area contributed by atoms with E-state index >= 15 is 0 Å². The second-order valence-electron chi connectivity index (χ2n) is 8.04. The highest BCUT2D eigenvalue weighted by atomic mass is 16.5. The molecular weight excluding hydrogens is 364 g/mol. The highest BCUT2D eigenvalue weighted by molar-refractivity contribution is 5.49. The molecule has 0 radical (unpaired) electrons. The molecule has 5 nitrogen and oxygen atoms in total. The van der Waals surface area contributed by atoms with Crippen molar-refractivity contribution in [3.8, 4) is 11.5 Å². The molecule has 2 atom stereocenters. The van der Waals surface area contributed by atoms with Crippen LogP contribution in [-0.2, 0) is 6.42 Å². The fraction of sp³-hybridized carbons (Fsp3) is 0.500. The number of piperidine rings is 1. The van der Waals surface area contributed by atoms with Crippen LogP contribution >= 0.6 is 0 Å². The molecule has 1 fully saturated rings. The van der Waals surface area contributed by atoms with Crippen molar-refractivity contribution in [1.82, 2.24) is 9.80 Å². The molecule has 156 valence electrons. The maximum Gasteiger partial charge on any atom is 0.161 e. The zero-order chi connectivity index (χ0) is 20.2. The van der Waals surface area contributed by atoms with E-state index in [0.717, 1.165) is 43.3 Å². The van der Waals surface area contributed by atoms with E-state index in [1.165, 1.54) is 30.5 Å². The summed E-state index contributed by atoms with van der Waals surface area (Å²) in [5.74, 6) is 2.58. The summed E-state index contributed by atoms with van der Waals surface area (Å²) >= 11 is 0. The van der Waals surface area contributed by atoms with Gasteiger partial charge in [0.05, 0.1) is 20.5 Å². The predicted octanol–water partition coefficient (Wildman–Crippen LogP) is 4.39. The highest BCUT2D eigenvalue weighted by Crippen LogP contribution is 2.39. The number of nitrogens with zero attached hydrogens (tertiary/aromatic N) is 2. The van der Waals surface area contributed by atoms with Crippen LogP contribution in [0.2, 0.25) is 0 Å². The van der Waals surface area contributed by atoms with Crippen molar-refractivity contribution in [2.45, 2.75) is 38.3 Å². The standard InChI is InChI=1S/C24H32N2O3/c1-18-22-16-24(28-3)23(27-2)15-19(22)10-13-26(18)20-7-4-11-25(17-20)12-5-8-21-9-6-14-29-21/h5-6,8-9,14-16,18,20H,4,7,10-13,17H2,1-3H3/b8-5+/t18-,20+/m0/s1. The molecule has 2 aliphatic heterocycles. The molecule has 29 heavy (non-hydrogen) atoms. The largest absolute Gasteiger partial charge is 0.493 e. The molecule has 1 aromatic heterocycles. The lowest BCUT2D eigenvalue weighted by Gasteiger charge is -2.45. The Morgan fingerprint density at radius 2 is 2.00 bits per heavy atom. The van der Waals surface area contributed by atoms with Gasteiger partial charge in [0, 0.05) is 31.7 Å². The van der Waals surface area contributed by atoms with Crippen LogP contribution in [0, 0.1) is 0 Å². The minimum absolute atomic E-state index is 0.391. The minimum Gasteiger partial charge on any atom is -0.493 e. The fourth-order valence-corrected chi connectivity index (χ4v) is 4.83. The number of furan rings is 1. The summed E-state index contributed by atoms with van der Waals surface area (Å²) in [7, 11) is 3.42. The van der Waals surface area contributed by atoms with E-state index in [9.17, 15) is 0 Å². The molecule has 0 bridgehead atoms. The molecule has 1 aromatic carbocycles. The number of benzene rings is 1. The van der Waals surface area contributed by atoms with Gasteiger partial charge in [-0.2, -0.15) is 0 Å². The summed E-state index contributed by atoms with van der Waals surface area (Å²) < 4.78 is 16.4. The molecule has 0 unspecified atom stereocenters. The van der Waals surface area contributed by atoms with Crippen LogP contribution in [0.1, 0.15) is 42.7 Å². The van der Waals surface area contributed by atoms with E-state index in [1.807, 2.05) is 12.1 Å². The molecule has 5 heteroatoms. The Morgan fingerprint density at radius 3 is 2.76 bits per heavy atom. The van der Waals surface area contributed by atoms with Crippen molar-refractivity contribution in [2.24, 2.45) is 0 Å². The van der Waals surface area contributed by atoms with E-state index in [-0.39, 0.29) is 0 Å². The smallest absolute Gasteiger partial charge is 0.161 e. The summed E-state index contributed by atoms with van der Waals surface area (Å²) in [5, 5.41) is 0. The Balaban J connectivity index is 1.43. The van der Waals surface area contributed by atoms with Crippen molar-refractivity contribution in [1.29, 1.82) is 0 Å². The lowest BCUT2D eigenvalue weighted by atomic mass is 9.90. The third-order valence-electron chi connectivity index (χ3n) is 6.37. The zero-order valence-electron chi connectivity index (χ0n) is 17.8. The van der Waals surface area contributed by atoms with Crippen molar-refractivity contribution in [3.63, 3.8) is 0 Å². The van der Waals surface area contributed by atoms with Crippen LogP contribution in [0.3, 0.4) is 0 Å². The van der Waals surface area contributed by atoms with E-state index in [4.69, 9.17) is 13.9 Å². The summed E-state index contributed by atoms with van der Waals surface area (Å²) in [6.07, 6.45) is 9.59. The van der Waals surface area contributed by atoms with Crippen LogP contribution in [0.5, 0.6) is 11.5 Å². The van der Waals surface area contributed by atoms with Gasteiger partial charge in [-0.05, 0) is 74.2 Å². The van der Waals surface area contributed by atoms with Gasteiger partial charge in [0.2, 0.25) is 0 Å². The number of likely N-dealkylation sites (tertiary alicyclic amines) is 1. The van der Waals surface area contributed by atoms with Gasteiger partial charge in [-0.15, -0.1) is 0 Å². The number of hydrogen-bond acceptors (Lipinski definition) is 5. The summed E-state index contributed by atoms with van der Waals surface area (Å²) in [5.41, 5.74) is 2.77. The number of methoxy groups -OCH3 is 2. The average Bonchev–Trinajstić information content (AvgIpc) is 3.27. The first-order valence-corrected chi connectivity index (χ1v) is 10.6. The van der Waals surface area contributed by atoms with Crippen LogP contribution in [0.25, 0.3) is 6.08 Å². The fourth-order valence-electron chi connectivity index (χ4n) is 4.83. The summed E-state index contributed by atoms with van der Waals surface area (Å²) in [6.45, 7) is 6.70. The Hall–Kier alpha value is -2.24. The number of fused-ring (bicyclic) bond motifs is 1. The van der Waals surface area contributed by atoms with Crippen LogP contribution in [0.4, 0.5) is 0 Å².